The van der Waals surface area contributed by atoms with Gasteiger partial charge in [0.05, 0.1) is 15.1 Å². The van der Waals surface area contributed by atoms with Crippen LogP contribution in [0.2, 0.25) is 0 Å². The van der Waals surface area contributed by atoms with Gasteiger partial charge in [0.15, 0.2) is 12.2 Å². The number of carbonyl (C=O) groups is 1. The molecule has 0 aliphatic heterocycles. The number of nitrogens with zero attached hydrogens (tertiary/aromatic N) is 3. The summed E-state index contributed by atoms with van der Waals surface area (Å²) in [5.41, 5.74) is 1.17. The Balaban J connectivity index is 1.38. The number of esters is 1. The average molecular weight is 420 g/mol. The van der Waals surface area contributed by atoms with Crippen molar-refractivity contribution in [2.24, 2.45) is 0 Å². The Hall–Kier alpha value is -2.52. The number of benzene rings is 1. The van der Waals surface area contributed by atoms with Gasteiger partial charge in [0.2, 0.25) is 0 Å². The van der Waals surface area contributed by atoms with E-state index < -0.39 is 5.97 Å². The second-order valence-electron chi connectivity index (χ2n) is 5.07. The van der Waals surface area contributed by atoms with Gasteiger partial charge < -0.3 is 13.7 Å². The van der Waals surface area contributed by atoms with Crippen LogP contribution in [-0.2, 0) is 22.6 Å². The first-order valence-corrected chi connectivity index (χ1v) is 8.87. The van der Waals surface area contributed by atoms with E-state index >= 15 is 0 Å². The normalized spacial score (nSPS) is 11.1. The van der Waals surface area contributed by atoms with Crippen molar-refractivity contribution in [3.8, 4) is 10.8 Å². The molecule has 7 nitrogen and oxygen atoms in total. The third-order valence-corrected chi connectivity index (χ3v) is 4.98. The van der Waals surface area contributed by atoms with Gasteiger partial charge in [0.25, 0.3) is 11.8 Å². The Bertz CT molecular complexity index is 1040. The van der Waals surface area contributed by atoms with E-state index in [9.17, 15) is 4.79 Å². The topological polar surface area (TPSA) is 91.2 Å². The van der Waals surface area contributed by atoms with Gasteiger partial charge in [-0.15, -0.1) is 21.5 Å². The first kappa shape index (κ1) is 16.0. The summed E-state index contributed by atoms with van der Waals surface area (Å²) in [6.45, 7) is -0.0891. The second-order valence-corrected chi connectivity index (χ2v) is 7.53. The van der Waals surface area contributed by atoms with Gasteiger partial charge in [-0.1, -0.05) is 17.3 Å². The van der Waals surface area contributed by atoms with Crippen molar-refractivity contribution in [1.82, 2.24) is 15.4 Å². The molecule has 4 aromatic rings. The minimum absolute atomic E-state index is 0.00980. The summed E-state index contributed by atoms with van der Waals surface area (Å²) < 4.78 is 16.8. The van der Waals surface area contributed by atoms with Crippen LogP contribution in [0.25, 0.3) is 21.7 Å². The monoisotopic (exact) mass is 419 g/mol. The van der Waals surface area contributed by atoms with E-state index in [0.29, 0.717) is 17.2 Å². The zero-order chi connectivity index (χ0) is 17.2. The van der Waals surface area contributed by atoms with Crippen LogP contribution in [0.15, 0.2) is 49.1 Å². The number of rotatable bonds is 5. The van der Waals surface area contributed by atoms with Crippen molar-refractivity contribution < 1.29 is 18.5 Å². The molecule has 3 heterocycles. The van der Waals surface area contributed by atoms with Crippen LogP contribution in [0.5, 0.6) is 0 Å². The smallest absolute Gasteiger partial charge is 0.312 e. The second kappa shape index (κ2) is 6.77. The summed E-state index contributed by atoms with van der Waals surface area (Å²) in [6.07, 6.45) is 0.00980. The number of para-hydroxylation sites is 1. The fourth-order valence-corrected chi connectivity index (χ4v) is 3.54. The molecule has 0 saturated carbocycles. The van der Waals surface area contributed by atoms with E-state index in [1.807, 2.05) is 30.3 Å². The average Bonchev–Trinajstić information content (AvgIpc) is 3.33. The molecule has 0 aliphatic rings. The molecule has 0 bridgehead atoms. The van der Waals surface area contributed by atoms with E-state index in [-0.39, 0.29) is 18.9 Å². The molecule has 0 fully saturated rings. The third-order valence-electron chi connectivity index (χ3n) is 3.37. The van der Waals surface area contributed by atoms with Crippen LogP contribution in [0.4, 0.5) is 0 Å². The molecule has 9 heteroatoms. The number of aromatic nitrogens is 3. The first-order valence-electron chi connectivity index (χ1n) is 7.26. The van der Waals surface area contributed by atoms with E-state index in [0.717, 1.165) is 14.0 Å². The van der Waals surface area contributed by atoms with Gasteiger partial charge in [0, 0.05) is 5.39 Å². The Labute approximate surface area is 153 Å². The van der Waals surface area contributed by atoms with Gasteiger partial charge in [-0.3, -0.25) is 4.79 Å². The number of hydrogen-bond donors (Lipinski definition) is 0. The van der Waals surface area contributed by atoms with Crippen molar-refractivity contribution in [1.29, 1.82) is 0 Å². The van der Waals surface area contributed by atoms with E-state index in [1.54, 1.807) is 6.07 Å². The number of carbonyl (C=O) groups excluding carboxylic acids is 1. The highest BCUT2D eigenvalue weighted by atomic mass is 79.9. The van der Waals surface area contributed by atoms with Crippen molar-refractivity contribution in [2.75, 3.05) is 0 Å². The zero-order valence-corrected chi connectivity index (χ0v) is 15.0. The number of ether oxygens (including phenoxy) is 1. The van der Waals surface area contributed by atoms with Gasteiger partial charge in [-0.05, 0) is 40.2 Å². The number of thiophene rings is 1. The number of halogens is 1. The van der Waals surface area contributed by atoms with E-state index in [2.05, 4.69) is 31.3 Å². The molecule has 126 valence electrons. The highest BCUT2D eigenvalue weighted by Crippen LogP contribution is 2.30. The largest absolute Gasteiger partial charge is 0.455 e. The summed E-state index contributed by atoms with van der Waals surface area (Å²) in [6, 6.07) is 11.1. The molecular weight excluding hydrogens is 410 g/mol. The van der Waals surface area contributed by atoms with Crippen LogP contribution in [0.1, 0.15) is 11.6 Å². The van der Waals surface area contributed by atoms with Crippen LogP contribution < -0.4 is 0 Å². The Morgan fingerprint density at radius 2 is 2.08 bits per heavy atom. The quantitative estimate of drug-likeness (QED) is 0.451. The molecule has 0 spiro atoms. The Morgan fingerprint density at radius 1 is 1.20 bits per heavy atom. The van der Waals surface area contributed by atoms with Gasteiger partial charge in [-0.2, -0.15) is 0 Å². The Kier molecular flexibility index (Phi) is 4.33. The van der Waals surface area contributed by atoms with Crippen LogP contribution in [-0.4, -0.2) is 21.3 Å². The fraction of sp³-hybridized carbons (Fsp3) is 0.125. The SMILES string of the molecule is O=C(Cc1noc2ccccc12)OCc1nnc(-c2ccc(Br)s2)o1. The summed E-state index contributed by atoms with van der Waals surface area (Å²) in [5.74, 6) is 0.180. The summed E-state index contributed by atoms with van der Waals surface area (Å²) in [5, 5.41) is 12.5. The molecule has 4 rings (SSSR count). The van der Waals surface area contributed by atoms with Gasteiger partial charge in [0.1, 0.15) is 5.69 Å². The maximum absolute atomic E-state index is 12.0. The van der Waals surface area contributed by atoms with Crippen molar-refractivity contribution in [2.45, 2.75) is 13.0 Å². The number of hydrogen-bond acceptors (Lipinski definition) is 8. The lowest BCUT2D eigenvalue weighted by molar-refractivity contribution is -0.144. The van der Waals surface area contributed by atoms with Crippen molar-refractivity contribution in [3.63, 3.8) is 0 Å². The van der Waals surface area contributed by atoms with Gasteiger partial charge in [-0.25, -0.2) is 0 Å². The van der Waals surface area contributed by atoms with Crippen LogP contribution in [0, 0.1) is 0 Å². The summed E-state index contributed by atoms with van der Waals surface area (Å²) in [7, 11) is 0. The highest BCUT2D eigenvalue weighted by molar-refractivity contribution is 9.11. The molecule has 1 aromatic carbocycles. The molecule has 25 heavy (non-hydrogen) atoms. The third kappa shape index (κ3) is 3.47. The molecule has 0 saturated heterocycles. The minimum Gasteiger partial charge on any atom is -0.455 e. The summed E-state index contributed by atoms with van der Waals surface area (Å²) >= 11 is 4.85. The first-order chi connectivity index (χ1) is 12.2. The molecule has 0 radical (unpaired) electrons. The lowest BCUT2D eigenvalue weighted by Gasteiger charge is -1.99. The van der Waals surface area contributed by atoms with Gasteiger partial charge >= 0.3 is 5.97 Å². The lowest BCUT2D eigenvalue weighted by atomic mass is 10.2. The molecule has 0 aliphatic carbocycles. The Morgan fingerprint density at radius 3 is 2.92 bits per heavy atom. The van der Waals surface area contributed by atoms with E-state index in [1.165, 1.54) is 11.3 Å². The highest BCUT2D eigenvalue weighted by Gasteiger charge is 2.15. The van der Waals surface area contributed by atoms with Crippen LogP contribution >= 0.6 is 27.3 Å². The maximum atomic E-state index is 12.0. The molecule has 0 N–H and O–H groups in total. The zero-order valence-electron chi connectivity index (χ0n) is 12.6. The lowest BCUT2D eigenvalue weighted by Crippen LogP contribution is -2.08. The number of fused-ring (bicyclic) bond motifs is 1. The molecule has 3 aromatic heterocycles. The molecule has 0 amide bonds. The maximum Gasteiger partial charge on any atom is 0.312 e. The standard InChI is InChI=1S/C16H10BrN3O4S/c17-13-6-5-12(25-13)16-19-18-14(23-16)8-22-15(21)7-10-9-3-1-2-4-11(9)24-20-10/h1-6H,7-8H2. The molecular formula is C16H10BrN3O4S. The predicted molar refractivity (Wildman–Crippen MR) is 92.8 cm³/mol. The fourth-order valence-electron chi connectivity index (χ4n) is 2.24. The molecule has 0 atom stereocenters. The van der Waals surface area contributed by atoms with E-state index in [4.69, 9.17) is 13.7 Å². The van der Waals surface area contributed by atoms with Crippen molar-refractivity contribution in [3.05, 3.63) is 51.8 Å². The van der Waals surface area contributed by atoms with Crippen LogP contribution in [0.3, 0.4) is 0 Å². The molecule has 0 unspecified atom stereocenters. The predicted octanol–water partition coefficient (Wildman–Crippen LogP) is 3.99. The summed E-state index contributed by atoms with van der Waals surface area (Å²) in [4.78, 5) is 12.8. The minimum atomic E-state index is -0.447. The van der Waals surface area contributed by atoms with Crippen molar-refractivity contribution >= 4 is 44.2 Å².